The molecule has 0 bridgehead atoms. The van der Waals surface area contributed by atoms with E-state index in [9.17, 15) is 8.42 Å². The molecule has 9 heteroatoms. The smallest absolute Gasteiger partial charge is 0.264 e. The lowest BCUT2D eigenvalue weighted by Crippen LogP contribution is -2.16. The molecule has 0 aliphatic rings. The van der Waals surface area contributed by atoms with Crippen LogP contribution in [-0.4, -0.2) is 13.4 Å². The number of nitrogens with two attached hydrogens (primary N) is 1. The van der Waals surface area contributed by atoms with Crippen molar-refractivity contribution >= 4 is 65.0 Å². The fraction of sp³-hybridized carbons (Fsp3) is 0.0833. The van der Waals surface area contributed by atoms with Crippen molar-refractivity contribution in [1.82, 2.24) is 4.98 Å². The highest BCUT2D eigenvalue weighted by molar-refractivity contribution is 9.10. The highest BCUT2D eigenvalue weighted by atomic mass is 79.9. The molecule has 0 atom stereocenters. The molecule has 2 rings (SSSR count). The van der Waals surface area contributed by atoms with Gasteiger partial charge in [-0.2, -0.15) is 0 Å². The Labute approximate surface area is 144 Å². The number of nitrogens with one attached hydrogen (secondary N) is 1. The number of rotatable bonds is 3. The van der Waals surface area contributed by atoms with Crippen molar-refractivity contribution in [3.8, 4) is 0 Å². The summed E-state index contributed by atoms with van der Waals surface area (Å²) in [7, 11) is -3.86. The van der Waals surface area contributed by atoms with Gasteiger partial charge in [-0.1, -0.05) is 11.6 Å². The first-order chi connectivity index (χ1) is 9.70. The summed E-state index contributed by atoms with van der Waals surface area (Å²) in [4.78, 5) is 4.00. The number of hydrogen-bond acceptors (Lipinski definition) is 4. The van der Waals surface area contributed by atoms with Gasteiger partial charge in [0.25, 0.3) is 10.0 Å². The predicted molar refractivity (Wildman–Crippen MR) is 91.0 cm³/mol. The summed E-state index contributed by atoms with van der Waals surface area (Å²) in [5, 5.41) is 0.233. The average Bonchev–Trinajstić information content (AvgIpc) is 2.37. The second kappa shape index (κ2) is 6.12. The molecule has 0 aliphatic carbocycles. The van der Waals surface area contributed by atoms with Crippen LogP contribution in [0.3, 0.4) is 0 Å². The zero-order chi connectivity index (χ0) is 15.8. The number of aromatic nitrogens is 1. The summed E-state index contributed by atoms with van der Waals surface area (Å²) in [5.41, 5.74) is 6.63. The van der Waals surface area contributed by atoms with Crippen molar-refractivity contribution in [3.63, 3.8) is 0 Å². The van der Waals surface area contributed by atoms with Gasteiger partial charge >= 0.3 is 0 Å². The Balaban J connectivity index is 2.48. The van der Waals surface area contributed by atoms with E-state index in [-0.39, 0.29) is 25.9 Å². The molecule has 0 radical (unpaired) electrons. The van der Waals surface area contributed by atoms with Crippen LogP contribution in [0.5, 0.6) is 0 Å². The third-order valence-corrected chi connectivity index (χ3v) is 5.76. The molecule has 0 amide bonds. The third-order valence-electron chi connectivity index (χ3n) is 2.60. The average molecular weight is 456 g/mol. The molecule has 0 fully saturated rings. The van der Waals surface area contributed by atoms with Crippen molar-refractivity contribution in [2.75, 3.05) is 10.5 Å². The van der Waals surface area contributed by atoms with E-state index in [2.05, 4.69) is 41.6 Å². The van der Waals surface area contributed by atoms with Crippen LogP contribution in [-0.2, 0) is 10.0 Å². The number of aryl methyl sites for hydroxylation is 1. The van der Waals surface area contributed by atoms with E-state index < -0.39 is 10.0 Å². The second-order valence-corrected chi connectivity index (χ2v) is 8.03. The summed E-state index contributed by atoms with van der Waals surface area (Å²) in [6.07, 6.45) is 1.51. The quantitative estimate of drug-likeness (QED) is 0.687. The molecule has 0 saturated carbocycles. The number of sulfonamides is 1. The first-order valence-electron chi connectivity index (χ1n) is 5.60. The largest absolute Gasteiger partial charge is 0.398 e. The number of nitrogen functional groups attached to an aromatic ring is 1. The first kappa shape index (κ1) is 16.5. The summed E-state index contributed by atoms with van der Waals surface area (Å²) >= 11 is 12.3. The molecule has 3 N–H and O–H groups in total. The van der Waals surface area contributed by atoms with Crippen LogP contribution in [0.15, 0.2) is 38.2 Å². The minimum absolute atomic E-state index is 0.0448. The van der Waals surface area contributed by atoms with E-state index in [1.54, 1.807) is 13.0 Å². The Bertz CT molecular complexity index is 812. The Morgan fingerprint density at radius 1 is 1.29 bits per heavy atom. The number of benzene rings is 1. The van der Waals surface area contributed by atoms with E-state index in [0.29, 0.717) is 5.56 Å². The fourth-order valence-electron chi connectivity index (χ4n) is 1.61. The monoisotopic (exact) mass is 453 g/mol. The summed E-state index contributed by atoms with van der Waals surface area (Å²) in [6.45, 7) is 1.75. The van der Waals surface area contributed by atoms with E-state index in [1.807, 2.05) is 0 Å². The van der Waals surface area contributed by atoms with Crippen molar-refractivity contribution in [1.29, 1.82) is 0 Å². The highest BCUT2D eigenvalue weighted by Gasteiger charge is 2.21. The van der Waals surface area contributed by atoms with Crippen molar-refractivity contribution in [3.05, 3.63) is 43.9 Å². The van der Waals surface area contributed by atoms with E-state index >= 15 is 0 Å². The topological polar surface area (TPSA) is 85.1 Å². The summed E-state index contributed by atoms with van der Waals surface area (Å²) < 4.78 is 28.4. The van der Waals surface area contributed by atoms with Crippen LogP contribution in [0.2, 0.25) is 5.02 Å². The maximum atomic E-state index is 12.5. The number of hydrogen-bond donors (Lipinski definition) is 2. The Morgan fingerprint density at radius 2 is 1.95 bits per heavy atom. The van der Waals surface area contributed by atoms with Gasteiger partial charge in [0.05, 0.1) is 4.47 Å². The van der Waals surface area contributed by atoms with Gasteiger partial charge in [0, 0.05) is 21.4 Å². The Hall–Kier alpha value is -0.830. The van der Waals surface area contributed by atoms with Crippen LogP contribution in [0.4, 0.5) is 11.5 Å². The van der Waals surface area contributed by atoms with Crippen LogP contribution in [0.1, 0.15) is 5.56 Å². The minimum atomic E-state index is -3.86. The van der Waals surface area contributed by atoms with Gasteiger partial charge in [0.15, 0.2) is 0 Å². The zero-order valence-corrected chi connectivity index (χ0v) is 15.4. The molecular weight excluding hydrogens is 445 g/mol. The zero-order valence-electron chi connectivity index (χ0n) is 10.7. The van der Waals surface area contributed by atoms with Gasteiger partial charge in [-0.3, -0.25) is 4.72 Å². The molecule has 1 aromatic carbocycles. The molecule has 5 nitrogen and oxygen atoms in total. The molecule has 21 heavy (non-hydrogen) atoms. The summed E-state index contributed by atoms with van der Waals surface area (Å²) in [6, 6.07) is 4.54. The molecule has 0 aliphatic heterocycles. The maximum absolute atomic E-state index is 12.5. The Kier molecular flexibility index (Phi) is 4.82. The fourth-order valence-corrected chi connectivity index (χ4v) is 4.43. The predicted octanol–water partition coefficient (Wildman–Crippen LogP) is 3.95. The number of nitrogens with zero attached hydrogens (tertiary/aromatic N) is 1. The number of halogens is 3. The van der Waals surface area contributed by atoms with Crippen molar-refractivity contribution in [2.45, 2.75) is 11.8 Å². The maximum Gasteiger partial charge on any atom is 0.264 e. The first-order valence-corrected chi connectivity index (χ1v) is 9.05. The lowest BCUT2D eigenvalue weighted by atomic mass is 10.3. The lowest BCUT2D eigenvalue weighted by molar-refractivity contribution is 0.600. The van der Waals surface area contributed by atoms with Crippen molar-refractivity contribution in [2.24, 2.45) is 0 Å². The van der Waals surface area contributed by atoms with Gasteiger partial charge < -0.3 is 5.73 Å². The van der Waals surface area contributed by atoms with Gasteiger partial charge in [-0.25, -0.2) is 13.4 Å². The van der Waals surface area contributed by atoms with Crippen LogP contribution >= 0.6 is 43.5 Å². The van der Waals surface area contributed by atoms with E-state index in [0.717, 1.165) is 4.47 Å². The van der Waals surface area contributed by atoms with Gasteiger partial charge in [-0.05, 0) is 62.5 Å². The van der Waals surface area contributed by atoms with Crippen molar-refractivity contribution < 1.29 is 8.42 Å². The molecule has 0 spiro atoms. The SMILES string of the molecule is Cc1cc(Br)cnc1NS(=O)(=O)c1cc(Cl)cc(N)c1Br. The van der Waals surface area contributed by atoms with E-state index in [4.69, 9.17) is 17.3 Å². The highest BCUT2D eigenvalue weighted by Crippen LogP contribution is 2.32. The molecular formula is C12H10Br2ClN3O2S. The molecule has 112 valence electrons. The molecule has 1 heterocycles. The van der Waals surface area contributed by atoms with Crippen LogP contribution in [0, 0.1) is 6.92 Å². The summed E-state index contributed by atoms with van der Waals surface area (Å²) in [5.74, 6) is 0.239. The third kappa shape index (κ3) is 3.68. The minimum Gasteiger partial charge on any atom is -0.398 e. The van der Waals surface area contributed by atoms with Gasteiger partial charge in [0.1, 0.15) is 10.7 Å². The lowest BCUT2D eigenvalue weighted by Gasteiger charge is -2.12. The second-order valence-electron chi connectivity index (χ2n) is 4.23. The molecule has 0 saturated heterocycles. The number of anilines is 2. The molecule has 0 unspecified atom stereocenters. The van der Waals surface area contributed by atoms with E-state index in [1.165, 1.54) is 18.3 Å². The number of pyridine rings is 1. The van der Waals surface area contributed by atoms with Gasteiger partial charge in [0.2, 0.25) is 0 Å². The van der Waals surface area contributed by atoms with Gasteiger partial charge in [-0.15, -0.1) is 0 Å². The standard InChI is InChI=1S/C12H10Br2ClN3O2S/c1-6-2-7(13)5-17-12(6)18-21(19,20)10-4-8(15)3-9(16)11(10)14/h2-5H,16H2,1H3,(H,17,18). The molecule has 2 aromatic rings. The molecule has 1 aromatic heterocycles. The van der Waals surface area contributed by atoms with Crippen LogP contribution in [0.25, 0.3) is 0 Å². The van der Waals surface area contributed by atoms with Crippen LogP contribution < -0.4 is 10.5 Å². The normalized spacial score (nSPS) is 11.4. The Morgan fingerprint density at radius 3 is 2.57 bits per heavy atom.